The maximum atomic E-state index is 13.8. The predicted molar refractivity (Wildman–Crippen MR) is 116 cm³/mol. The Balaban J connectivity index is 2.09. The molecule has 33 heavy (non-hydrogen) atoms. The molecule has 0 spiro atoms. The Labute approximate surface area is 190 Å². The highest BCUT2D eigenvalue weighted by Gasteiger charge is 2.42. The minimum Gasteiger partial charge on any atom is -0.469 e. The summed E-state index contributed by atoms with van der Waals surface area (Å²) in [5.41, 5.74) is 0.520. The van der Waals surface area contributed by atoms with Gasteiger partial charge in [-0.25, -0.2) is 13.6 Å². The molecule has 11 heteroatoms. The largest absolute Gasteiger partial charge is 0.469 e. The SMILES string of the molecule is COC(=O)CCCNC(=O)C1C(NC(=O)Nc2ccc(F)cc2F)CCN1C(=O)C=C(C)C. The Morgan fingerprint density at radius 3 is 2.58 bits per heavy atom. The third-order valence-electron chi connectivity index (χ3n) is 4.94. The highest BCUT2D eigenvalue weighted by Crippen LogP contribution is 2.21. The van der Waals surface area contributed by atoms with Crippen LogP contribution in [0.1, 0.15) is 33.1 Å². The zero-order chi connectivity index (χ0) is 24.5. The summed E-state index contributed by atoms with van der Waals surface area (Å²) in [6, 6.07) is 0.160. The predicted octanol–water partition coefficient (Wildman–Crippen LogP) is 2.09. The fraction of sp³-hybridized carbons (Fsp3) is 0.455. The van der Waals surface area contributed by atoms with Crippen molar-refractivity contribution >= 4 is 29.5 Å². The van der Waals surface area contributed by atoms with Crippen molar-refractivity contribution in [1.29, 1.82) is 0 Å². The fourth-order valence-electron chi connectivity index (χ4n) is 3.41. The summed E-state index contributed by atoms with van der Waals surface area (Å²) in [5, 5.41) is 7.55. The molecule has 2 rings (SSSR count). The minimum atomic E-state index is -1.00. The number of rotatable bonds is 8. The number of carbonyl (C=O) groups excluding carboxylic acids is 4. The van der Waals surface area contributed by atoms with Gasteiger partial charge in [0.1, 0.15) is 17.7 Å². The summed E-state index contributed by atoms with van der Waals surface area (Å²) in [6.07, 6.45) is 2.15. The number of likely N-dealkylation sites (tertiary alicyclic amines) is 1. The van der Waals surface area contributed by atoms with Crippen LogP contribution < -0.4 is 16.0 Å². The number of urea groups is 1. The molecule has 0 radical (unpaired) electrons. The number of benzene rings is 1. The van der Waals surface area contributed by atoms with Gasteiger partial charge in [0.05, 0.1) is 18.8 Å². The number of amides is 4. The fourth-order valence-corrected chi connectivity index (χ4v) is 3.41. The number of allylic oxidation sites excluding steroid dienone is 1. The Morgan fingerprint density at radius 1 is 1.21 bits per heavy atom. The third-order valence-corrected chi connectivity index (χ3v) is 4.94. The van der Waals surface area contributed by atoms with Crippen molar-refractivity contribution in [2.75, 3.05) is 25.5 Å². The molecule has 0 aliphatic carbocycles. The van der Waals surface area contributed by atoms with Crippen molar-refractivity contribution in [3.05, 3.63) is 41.5 Å². The minimum absolute atomic E-state index is 0.120. The number of hydrogen-bond acceptors (Lipinski definition) is 5. The lowest BCUT2D eigenvalue weighted by molar-refractivity contribution is -0.140. The number of nitrogens with one attached hydrogen (secondary N) is 3. The van der Waals surface area contributed by atoms with Gasteiger partial charge in [-0.05, 0) is 38.8 Å². The molecule has 1 heterocycles. The van der Waals surface area contributed by atoms with E-state index in [0.717, 1.165) is 17.7 Å². The molecule has 1 aromatic rings. The molecule has 0 bridgehead atoms. The molecule has 2 atom stereocenters. The quantitative estimate of drug-likeness (QED) is 0.308. The van der Waals surface area contributed by atoms with E-state index in [0.29, 0.717) is 18.9 Å². The Morgan fingerprint density at radius 2 is 1.94 bits per heavy atom. The van der Waals surface area contributed by atoms with E-state index in [1.807, 2.05) is 0 Å². The molecule has 0 saturated carbocycles. The second-order valence-electron chi connectivity index (χ2n) is 7.79. The van der Waals surface area contributed by atoms with Gasteiger partial charge in [-0.3, -0.25) is 14.4 Å². The summed E-state index contributed by atoms with van der Waals surface area (Å²) >= 11 is 0. The Kier molecular flexibility index (Phi) is 9.31. The van der Waals surface area contributed by atoms with Gasteiger partial charge in [0.15, 0.2) is 0 Å². The third kappa shape index (κ3) is 7.55. The number of halogens is 2. The number of esters is 1. The molecular weight excluding hydrogens is 438 g/mol. The molecule has 1 aliphatic heterocycles. The van der Waals surface area contributed by atoms with E-state index >= 15 is 0 Å². The van der Waals surface area contributed by atoms with E-state index in [1.165, 1.54) is 18.1 Å². The van der Waals surface area contributed by atoms with Crippen LogP contribution in [0.25, 0.3) is 0 Å². The number of anilines is 1. The lowest BCUT2D eigenvalue weighted by Gasteiger charge is -2.27. The van der Waals surface area contributed by atoms with Gasteiger partial charge in [-0.15, -0.1) is 0 Å². The van der Waals surface area contributed by atoms with Crippen LogP contribution in [-0.4, -0.2) is 61.0 Å². The normalized spacial score (nSPS) is 17.2. The summed E-state index contributed by atoms with van der Waals surface area (Å²) < 4.78 is 31.5. The monoisotopic (exact) mass is 466 g/mol. The lowest BCUT2D eigenvalue weighted by Crippen LogP contribution is -2.55. The molecule has 1 aromatic carbocycles. The first-order chi connectivity index (χ1) is 15.6. The first kappa shape index (κ1) is 25.8. The number of methoxy groups -OCH3 is 1. The topological polar surface area (TPSA) is 117 Å². The average molecular weight is 466 g/mol. The zero-order valence-electron chi connectivity index (χ0n) is 18.7. The zero-order valence-corrected chi connectivity index (χ0v) is 18.7. The smallest absolute Gasteiger partial charge is 0.319 e. The summed E-state index contributed by atoms with van der Waals surface area (Å²) in [4.78, 5) is 50.5. The van der Waals surface area contributed by atoms with Crippen LogP contribution >= 0.6 is 0 Å². The first-order valence-corrected chi connectivity index (χ1v) is 10.4. The molecule has 180 valence electrons. The summed E-state index contributed by atoms with van der Waals surface area (Å²) in [5.74, 6) is -3.01. The van der Waals surface area contributed by atoms with Crippen molar-refractivity contribution in [3.8, 4) is 0 Å². The maximum Gasteiger partial charge on any atom is 0.319 e. The van der Waals surface area contributed by atoms with Gasteiger partial charge in [-0.2, -0.15) is 0 Å². The molecular formula is C22H28F2N4O5. The molecule has 0 aromatic heterocycles. The maximum absolute atomic E-state index is 13.8. The first-order valence-electron chi connectivity index (χ1n) is 10.4. The molecule has 1 saturated heterocycles. The number of carbonyl (C=O) groups is 4. The molecule has 1 fully saturated rings. The van der Waals surface area contributed by atoms with Gasteiger partial charge in [0.2, 0.25) is 11.8 Å². The van der Waals surface area contributed by atoms with Crippen LogP contribution in [0.5, 0.6) is 0 Å². The van der Waals surface area contributed by atoms with E-state index in [2.05, 4.69) is 20.7 Å². The van der Waals surface area contributed by atoms with Crippen LogP contribution in [0.4, 0.5) is 19.3 Å². The molecule has 1 aliphatic rings. The van der Waals surface area contributed by atoms with E-state index in [-0.39, 0.29) is 31.1 Å². The van der Waals surface area contributed by atoms with Gasteiger partial charge >= 0.3 is 12.0 Å². The van der Waals surface area contributed by atoms with Crippen molar-refractivity contribution < 1.29 is 32.7 Å². The van der Waals surface area contributed by atoms with E-state index in [1.54, 1.807) is 13.8 Å². The Bertz CT molecular complexity index is 933. The highest BCUT2D eigenvalue weighted by molar-refractivity contribution is 5.95. The number of hydrogen-bond donors (Lipinski definition) is 3. The van der Waals surface area contributed by atoms with Crippen molar-refractivity contribution in [1.82, 2.24) is 15.5 Å². The van der Waals surface area contributed by atoms with Crippen LogP contribution in [0, 0.1) is 11.6 Å². The molecule has 3 N–H and O–H groups in total. The van der Waals surface area contributed by atoms with Crippen LogP contribution in [-0.2, 0) is 19.1 Å². The van der Waals surface area contributed by atoms with Crippen LogP contribution in [0.15, 0.2) is 29.8 Å². The highest BCUT2D eigenvalue weighted by atomic mass is 19.1. The van der Waals surface area contributed by atoms with Crippen molar-refractivity contribution in [2.24, 2.45) is 0 Å². The van der Waals surface area contributed by atoms with Crippen molar-refractivity contribution in [2.45, 2.75) is 45.2 Å². The van der Waals surface area contributed by atoms with E-state index in [4.69, 9.17) is 0 Å². The van der Waals surface area contributed by atoms with Gasteiger partial charge in [0.25, 0.3) is 0 Å². The number of ether oxygens (including phenoxy) is 1. The number of nitrogens with zero attached hydrogens (tertiary/aromatic N) is 1. The van der Waals surface area contributed by atoms with E-state index in [9.17, 15) is 28.0 Å². The van der Waals surface area contributed by atoms with E-state index < -0.39 is 41.6 Å². The van der Waals surface area contributed by atoms with Gasteiger partial charge in [-0.1, -0.05) is 5.57 Å². The lowest BCUT2D eigenvalue weighted by atomic mass is 10.1. The average Bonchev–Trinajstić information content (AvgIpc) is 3.16. The van der Waals surface area contributed by atoms with Crippen LogP contribution in [0.2, 0.25) is 0 Å². The molecule has 9 nitrogen and oxygen atoms in total. The Hall–Kier alpha value is -3.50. The molecule has 2 unspecified atom stereocenters. The second-order valence-corrected chi connectivity index (χ2v) is 7.79. The van der Waals surface area contributed by atoms with Crippen molar-refractivity contribution in [3.63, 3.8) is 0 Å². The molecule has 4 amide bonds. The van der Waals surface area contributed by atoms with Gasteiger partial charge < -0.3 is 25.6 Å². The summed E-state index contributed by atoms with van der Waals surface area (Å²) in [7, 11) is 1.27. The second kappa shape index (κ2) is 11.9. The summed E-state index contributed by atoms with van der Waals surface area (Å²) in [6.45, 7) is 3.89. The van der Waals surface area contributed by atoms with Gasteiger partial charge in [0, 0.05) is 31.7 Å². The standard InChI is InChI=1S/C22H28F2N4O5/c1-13(2)11-18(29)28-10-8-17(20(28)21(31)25-9-4-5-19(30)33-3)27-22(32)26-16-7-6-14(23)12-15(16)24/h6-7,11-12,17,20H,4-5,8-10H2,1-3H3,(H,25,31)(H2,26,27,32). The van der Waals surface area contributed by atoms with Crippen LogP contribution in [0.3, 0.4) is 0 Å².